The Morgan fingerprint density at radius 3 is 2.60 bits per heavy atom. The first-order valence-corrected chi connectivity index (χ1v) is 8.44. The number of nitrogens with two attached hydrogens (primary N) is 1. The van der Waals surface area contributed by atoms with Crippen LogP contribution in [0.25, 0.3) is 0 Å². The van der Waals surface area contributed by atoms with E-state index in [0.717, 1.165) is 18.5 Å². The lowest BCUT2D eigenvalue weighted by Crippen LogP contribution is -2.40. The number of nitrogens with one attached hydrogen (secondary N) is 1. The van der Waals surface area contributed by atoms with Crippen LogP contribution in [0.1, 0.15) is 25.3 Å². The zero-order valence-electron chi connectivity index (χ0n) is 15.0. The van der Waals surface area contributed by atoms with Crippen molar-refractivity contribution in [2.75, 3.05) is 33.2 Å². The van der Waals surface area contributed by atoms with Crippen LogP contribution in [0.15, 0.2) is 30.3 Å². The molecule has 25 heavy (non-hydrogen) atoms. The Labute approximate surface area is 156 Å². The summed E-state index contributed by atoms with van der Waals surface area (Å²) in [7, 11) is 1.75. The second-order valence-electron chi connectivity index (χ2n) is 6.90. The average molecular weight is 369 g/mol. The van der Waals surface area contributed by atoms with Gasteiger partial charge in [-0.05, 0) is 23.9 Å². The summed E-state index contributed by atoms with van der Waals surface area (Å²) in [5.41, 5.74) is 6.88. The van der Waals surface area contributed by atoms with E-state index >= 15 is 0 Å². The molecule has 1 unspecified atom stereocenters. The van der Waals surface area contributed by atoms with Crippen molar-refractivity contribution in [3.05, 3.63) is 35.9 Å². The van der Waals surface area contributed by atoms with Gasteiger partial charge in [-0.25, -0.2) is 4.79 Å². The minimum atomic E-state index is -0.167. The summed E-state index contributed by atoms with van der Waals surface area (Å²) in [6.07, 6.45) is 1.27. The molecule has 1 aliphatic rings. The van der Waals surface area contributed by atoms with Gasteiger partial charge in [-0.15, -0.1) is 12.4 Å². The molecular weight excluding hydrogens is 340 g/mol. The highest BCUT2D eigenvalue weighted by molar-refractivity contribution is 5.85. The van der Waals surface area contributed by atoms with Crippen LogP contribution in [-0.4, -0.2) is 55.0 Å². The van der Waals surface area contributed by atoms with Crippen LogP contribution >= 0.6 is 12.4 Å². The molecule has 1 aromatic carbocycles. The lowest BCUT2D eigenvalue weighted by atomic mass is 9.90. The summed E-state index contributed by atoms with van der Waals surface area (Å²) >= 11 is 0. The van der Waals surface area contributed by atoms with Crippen molar-refractivity contribution in [1.29, 1.82) is 0 Å². The van der Waals surface area contributed by atoms with Crippen LogP contribution in [0.5, 0.6) is 0 Å². The maximum absolute atomic E-state index is 12.2. The number of hydrogen-bond acceptors (Lipinski definition) is 3. The second-order valence-corrected chi connectivity index (χ2v) is 6.90. The standard InChI is InChI=1S/C18H28N4O2.ClH/c1-18(13-19)9-11-22(14-18)16(23)8-10-20-17(24)21(2)12-15-6-4-3-5-7-15;/h3-7H,8-14,19H2,1-2H3,(H,20,24);1H. The lowest BCUT2D eigenvalue weighted by Gasteiger charge is -2.23. The van der Waals surface area contributed by atoms with Gasteiger partial charge in [0, 0.05) is 39.6 Å². The third-order valence-corrected chi connectivity index (χ3v) is 4.63. The highest BCUT2D eigenvalue weighted by atomic mass is 35.5. The predicted octanol–water partition coefficient (Wildman–Crippen LogP) is 1.84. The van der Waals surface area contributed by atoms with E-state index in [9.17, 15) is 9.59 Å². The number of likely N-dealkylation sites (tertiary alicyclic amines) is 1. The van der Waals surface area contributed by atoms with E-state index in [-0.39, 0.29) is 29.8 Å². The number of nitrogens with zero attached hydrogens (tertiary/aromatic N) is 2. The summed E-state index contributed by atoms with van der Waals surface area (Å²) in [5, 5.41) is 2.81. The van der Waals surface area contributed by atoms with Crippen LogP contribution in [0, 0.1) is 5.41 Å². The molecule has 3 N–H and O–H groups in total. The molecule has 1 heterocycles. The number of urea groups is 1. The highest BCUT2D eigenvalue weighted by Gasteiger charge is 2.34. The van der Waals surface area contributed by atoms with Crippen LogP contribution < -0.4 is 11.1 Å². The van der Waals surface area contributed by atoms with Gasteiger partial charge in [0.05, 0.1) is 0 Å². The van der Waals surface area contributed by atoms with Crippen molar-refractivity contribution < 1.29 is 9.59 Å². The van der Waals surface area contributed by atoms with E-state index in [1.54, 1.807) is 11.9 Å². The van der Waals surface area contributed by atoms with Gasteiger partial charge in [-0.3, -0.25) is 4.79 Å². The summed E-state index contributed by atoms with van der Waals surface area (Å²) in [6.45, 7) is 5.07. The van der Waals surface area contributed by atoms with Gasteiger partial charge in [0.1, 0.15) is 0 Å². The first-order chi connectivity index (χ1) is 11.4. The zero-order chi connectivity index (χ0) is 17.6. The fraction of sp³-hybridized carbons (Fsp3) is 0.556. The fourth-order valence-electron chi connectivity index (χ4n) is 2.90. The van der Waals surface area contributed by atoms with Gasteiger partial charge in [0.25, 0.3) is 0 Å². The first-order valence-electron chi connectivity index (χ1n) is 8.44. The van der Waals surface area contributed by atoms with Crippen molar-refractivity contribution in [2.24, 2.45) is 11.1 Å². The number of carbonyl (C=O) groups excluding carboxylic acids is 2. The molecule has 0 spiro atoms. The smallest absolute Gasteiger partial charge is 0.317 e. The molecular formula is C18H29ClN4O2. The largest absolute Gasteiger partial charge is 0.342 e. The summed E-state index contributed by atoms with van der Waals surface area (Å²) in [4.78, 5) is 27.8. The Hall–Kier alpha value is -1.79. The molecule has 0 saturated carbocycles. The van der Waals surface area contributed by atoms with E-state index in [0.29, 0.717) is 32.6 Å². The molecule has 1 fully saturated rings. The molecule has 0 aromatic heterocycles. The summed E-state index contributed by atoms with van der Waals surface area (Å²) in [6, 6.07) is 9.64. The Balaban J connectivity index is 0.00000312. The van der Waals surface area contributed by atoms with Gasteiger partial charge in [-0.2, -0.15) is 0 Å². The Bertz CT molecular complexity index is 569. The second kappa shape index (κ2) is 9.63. The minimum Gasteiger partial charge on any atom is -0.342 e. The zero-order valence-corrected chi connectivity index (χ0v) is 15.8. The van der Waals surface area contributed by atoms with Crippen molar-refractivity contribution in [1.82, 2.24) is 15.1 Å². The van der Waals surface area contributed by atoms with E-state index in [1.165, 1.54) is 0 Å². The number of carbonyl (C=O) groups is 2. The van der Waals surface area contributed by atoms with Gasteiger partial charge in [0.15, 0.2) is 0 Å². The number of amides is 3. The molecule has 1 saturated heterocycles. The third-order valence-electron chi connectivity index (χ3n) is 4.63. The maximum Gasteiger partial charge on any atom is 0.317 e. The molecule has 0 radical (unpaired) electrons. The Morgan fingerprint density at radius 1 is 1.32 bits per heavy atom. The SMILES string of the molecule is CN(Cc1ccccc1)C(=O)NCCC(=O)N1CCC(C)(CN)C1.Cl. The van der Waals surface area contributed by atoms with Crippen LogP contribution in [0.4, 0.5) is 4.79 Å². The Kier molecular flexibility index (Phi) is 8.19. The predicted molar refractivity (Wildman–Crippen MR) is 102 cm³/mol. The Morgan fingerprint density at radius 2 is 2.00 bits per heavy atom. The van der Waals surface area contributed by atoms with E-state index in [4.69, 9.17) is 5.73 Å². The summed E-state index contributed by atoms with van der Waals surface area (Å²) < 4.78 is 0. The highest BCUT2D eigenvalue weighted by Crippen LogP contribution is 2.28. The third kappa shape index (κ3) is 6.21. The van der Waals surface area contributed by atoms with Crippen LogP contribution in [0.2, 0.25) is 0 Å². The van der Waals surface area contributed by atoms with Crippen LogP contribution in [0.3, 0.4) is 0 Å². The van der Waals surface area contributed by atoms with Gasteiger partial charge in [-0.1, -0.05) is 37.3 Å². The quantitative estimate of drug-likeness (QED) is 0.804. The van der Waals surface area contributed by atoms with Crippen molar-refractivity contribution in [2.45, 2.75) is 26.3 Å². The minimum absolute atomic E-state index is 0. The van der Waals surface area contributed by atoms with Gasteiger partial charge in [0.2, 0.25) is 5.91 Å². The topological polar surface area (TPSA) is 78.7 Å². The average Bonchev–Trinajstić information content (AvgIpc) is 2.99. The lowest BCUT2D eigenvalue weighted by molar-refractivity contribution is -0.130. The van der Waals surface area contributed by atoms with Gasteiger partial charge >= 0.3 is 6.03 Å². The monoisotopic (exact) mass is 368 g/mol. The van der Waals surface area contributed by atoms with E-state index in [2.05, 4.69) is 12.2 Å². The van der Waals surface area contributed by atoms with E-state index in [1.807, 2.05) is 35.2 Å². The number of hydrogen-bond donors (Lipinski definition) is 2. The number of rotatable bonds is 6. The maximum atomic E-state index is 12.2. The first kappa shape index (κ1) is 21.3. The van der Waals surface area contributed by atoms with Crippen LogP contribution in [-0.2, 0) is 11.3 Å². The molecule has 0 aliphatic carbocycles. The molecule has 2 rings (SSSR count). The number of halogens is 1. The molecule has 6 nitrogen and oxygen atoms in total. The summed E-state index contributed by atoms with van der Waals surface area (Å²) in [5.74, 6) is 0.0817. The molecule has 140 valence electrons. The molecule has 1 atom stereocenters. The molecule has 0 bridgehead atoms. The normalized spacial score (nSPS) is 19.2. The van der Waals surface area contributed by atoms with Crippen molar-refractivity contribution in [3.8, 4) is 0 Å². The molecule has 1 aliphatic heterocycles. The number of benzene rings is 1. The van der Waals surface area contributed by atoms with Gasteiger partial charge < -0.3 is 20.9 Å². The van der Waals surface area contributed by atoms with Crippen molar-refractivity contribution in [3.63, 3.8) is 0 Å². The molecule has 1 aromatic rings. The fourth-order valence-corrected chi connectivity index (χ4v) is 2.90. The van der Waals surface area contributed by atoms with E-state index < -0.39 is 0 Å². The molecule has 3 amide bonds. The molecule has 7 heteroatoms. The van der Waals surface area contributed by atoms with Crippen molar-refractivity contribution >= 4 is 24.3 Å².